The van der Waals surface area contributed by atoms with Crippen molar-refractivity contribution in [3.63, 3.8) is 0 Å². The van der Waals surface area contributed by atoms with Gasteiger partial charge in [-0.3, -0.25) is 5.32 Å². The van der Waals surface area contributed by atoms with Crippen molar-refractivity contribution in [1.82, 2.24) is 29.9 Å². The highest BCUT2D eigenvalue weighted by Gasteiger charge is 2.43. The van der Waals surface area contributed by atoms with Crippen molar-refractivity contribution in [3.8, 4) is 0 Å². The van der Waals surface area contributed by atoms with Crippen LogP contribution in [0.1, 0.15) is 34.4 Å². The minimum Gasteiger partial charge on any atom is -0.299 e. The number of imidazole rings is 1. The van der Waals surface area contributed by atoms with Gasteiger partial charge in [-0.2, -0.15) is 5.10 Å². The number of fused-ring (bicyclic) bond motifs is 4. The Bertz CT molecular complexity index is 954. The van der Waals surface area contributed by atoms with Gasteiger partial charge in [-0.05, 0) is 26.0 Å². The molecule has 0 aromatic carbocycles. The molecule has 1 fully saturated rings. The van der Waals surface area contributed by atoms with Crippen molar-refractivity contribution < 1.29 is 0 Å². The van der Waals surface area contributed by atoms with E-state index in [1.807, 2.05) is 36.7 Å². The zero-order valence-electron chi connectivity index (χ0n) is 12.3. The summed E-state index contributed by atoms with van der Waals surface area (Å²) in [6.07, 6.45) is 5.82. The van der Waals surface area contributed by atoms with Crippen molar-refractivity contribution >= 4 is 11.2 Å². The molecule has 5 rings (SSSR count). The third kappa shape index (κ3) is 1.58. The van der Waals surface area contributed by atoms with Crippen LogP contribution in [0.3, 0.4) is 0 Å². The highest BCUT2D eigenvalue weighted by molar-refractivity contribution is 5.83. The summed E-state index contributed by atoms with van der Waals surface area (Å²) < 4.78 is 1.83. The summed E-state index contributed by atoms with van der Waals surface area (Å²) in [5.74, 6) is 0. The third-order valence-corrected chi connectivity index (χ3v) is 4.31. The molecule has 2 atom stereocenters. The normalized spacial score (nSPS) is 22.2. The van der Waals surface area contributed by atoms with Gasteiger partial charge in [0.25, 0.3) is 0 Å². The van der Waals surface area contributed by atoms with Crippen molar-refractivity contribution in [2.24, 2.45) is 0 Å². The topological polar surface area (TPSA) is 77.9 Å². The Morgan fingerprint density at radius 1 is 1.18 bits per heavy atom. The fraction of sp³-hybridized carbons (Fsp3) is 0.250. The van der Waals surface area contributed by atoms with Gasteiger partial charge in [0, 0.05) is 22.9 Å². The van der Waals surface area contributed by atoms with E-state index in [-0.39, 0.29) is 0 Å². The molecule has 0 amide bonds. The molecule has 1 N–H and O–H groups in total. The van der Waals surface area contributed by atoms with Crippen molar-refractivity contribution in [2.75, 3.05) is 0 Å². The molecule has 108 valence electrons. The minimum absolute atomic E-state index is 0.333. The fourth-order valence-corrected chi connectivity index (χ4v) is 3.23. The van der Waals surface area contributed by atoms with Gasteiger partial charge in [-0.25, -0.2) is 19.5 Å². The predicted octanol–water partition coefficient (Wildman–Crippen LogP) is 1.59. The monoisotopic (exact) mass is 290 g/mol. The van der Waals surface area contributed by atoms with Crippen molar-refractivity contribution in [1.29, 1.82) is 0 Å². The molecule has 0 spiro atoms. The molecule has 1 saturated heterocycles. The van der Waals surface area contributed by atoms with E-state index in [4.69, 9.17) is 5.10 Å². The largest absolute Gasteiger partial charge is 0.299 e. The number of hydrogen-bond donors (Lipinski definition) is 1. The maximum Gasteiger partial charge on any atom is 0.153 e. The van der Waals surface area contributed by atoms with Crippen LogP contribution in [0.4, 0.5) is 0 Å². The molecule has 1 aliphatic heterocycles. The summed E-state index contributed by atoms with van der Waals surface area (Å²) in [6, 6.07) is 4.71. The average molecular weight is 290 g/mol. The zero-order chi connectivity index (χ0) is 14.8. The molecular formula is C16H14N6. The van der Waals surface area contributed by atoms with Crippen LogP contribution >= 0.6 is 0 Å². The second-order valence-corrected chi connectivity index (χ2v) is 5.87. The van der Waals surface area contributed by atoms with E-state index < -0.39 is 0 Å². The Morgan fingerprint density at radius 3 is 3.00 bits per heavy atom. The number of nitrogens with one attached hydrogen (secondary N) is 1. The van der Waals surface area contributed by atoms with Crippen LogP contribution in [0.2, 0.25) is 0 Å². The lowest BCUT2D eigenvalue weighted by atomic mass is 9.91. The number of nitrogens with zero attached hydrogens (tertiary/aromatic N) is 5. The van der Waals surface area contributed by atoms with Crippen LogP contribution in [0.15, 0.2) is 30.7 Å². The first kappa shape index (κ1) is 12.0. The molecule has 22 heavy (non-hydrogen) atoms. The van der Waals surface area contributed by atoms with Gasteiger partial charge in [0.15, 0.2) is 5.65 Å². The molecule has 4 heterocycles. The van der Waals surface area contributed by atoms with Gasteiger partial charge in [0.05, 0.1) is 29.3 Å². The maximum atomic E-state index is 4.72. The molecule has 0 bridgehead atoms. The molecule has 3 aromatic rings. The third-order valence-electron chi connectivity index (χ3n) is 4.31. The van der Waals surface area contributed by atoms with Crippen LogP contribution in [0.25, 0.3) is 11.2 Å². The number of rotatable bonds is 1. The van der Waals surface area contributed by atoms with Crippen LogP contribution < -0.4 is 5.32 Å². The smallest absolute Gasteiger partial charge is 0.153 e. The summed E-state index contributed by atoms with van der Waals surface area (Å²) >= 11 is 0. The molecule has 0 radical (unpaired) electrons. The van der Waals surface area contributed by atoms with E-state index in [0.717, 1.165) is 39.6 Å². The van der Waals surface area contributed by atoms with Gasteiger partial charge >= 0.3 is 0 Å². The molecule has 6 heteroatoms. The van der Waals surface area contributed by atoms with E-state index in [9.17, 15) is 0 Å². The molecule has 0 saturated carbocycles. The van der Waals surface area contributed by atoms with E-state index in [1.54, 1.807) is 6.33 Å². The lowest BCUT2D eigenvalue weighted by Gasteiger charge is -2.16. The Kier molecular flexibility index (Phi) is 2.17. The van der Waals surface area contributed by atoms with E-state index >= 15 is 0 Å². The van der Waals surface area contributed by atoms with Crippen LogP contribution in [0.5, 0.6) is 0 Å². The number of aromatic nitrogens is 5. The fourth-order valence-electron chi connectivity index (χ4n) is 3.23. The molecule has 1 unspecified atom stereocenters. The van der Waals surface area contributed by atoms with Crippen molar-refractivity contribution in [2.45, 2.75) is 25.9 Å². The quantitative estimate of drug-likeness (QED) is 0.689. The SMILES string of the molecule is Cc1cn2nc(C3=C[C@@H]4NC4c4ncnc(C)c43)ccc2n1. The second kappa shape index (κ2) is 3.98. The van der Waals surface area contributed by atoms with Gasteiger partial charge in [0.2, 0.25) is 0 Å². The maximum absolute atomic E-state index is 4.72. The van der Waals surface area contributed by atoms with Crippen LogP contribution in [-0.4, -0.2) is 30.6 Å². The van der Waals surface area contributed by atoms with E-state index in [0.29, 0.717) is 12.1 Å². The summed E-state index contributed by atoms with van der Waals surface area (Å²) in [5.41, 5.74) is 7.04. The first-order valence-corrected chi connectivity index (χ1v) is 7.34. The zero-order valence-corrected chi connectivity index (χ0v) is 12.3. The minimum atomic E-state index is 0.333. The summed E-state index contributed by atoms with van der Waals surface area (Å²) in [5, 5.41) is 8.16. The molecule has 3 aromatic heterocycles. The average Bonchev–Trinajstić information content (AvgIpc) is 3.19. The summed E-state index contributed by atoms with van der Waals surface area (Å²) in [7, 11) is 0. The second-order valence-electron chi connectivity index (χ2n) is 5.87. The summed E-state index contributed by atoms with van der Waals surface area (Å²) in [6.45, 7) is 4.00. The number of hydrogen-bond acceptors (Lipinski definition) is 5. The lowest BCUT2D eigenvalue weighted by molar-refractivity contribution is 0.898. The number of aryl methyl sites for hydroxylation is 2. The highest BCUT2D eigenvalue weighted by atomic mass is 15.3. The molecule has 6 nitrogen and oxygen atoms in total. The predicted molar refractivity (Wildman–Crippen MR) is 81.2 cm³/mol. The Labute approximate surface area is 126 Å². The van der Waals surface area contributed by atoms with Crippen LogP contribution in [-0.2, 0) is 0 Å². The molecular weight excluding hydrogens is 276 g/mol. The van der Waals surface area contributed by atoms with Gasteiger partial charge in [-0.15, -0.1) is 0 Å². The Balaban J connectivity index is 1.74. The van der Waals surface area contributed by atoms with Gasteiger partial charge in [0.1, 0.15) is 6.33 Å². The first-order chi connectivity index (χ1) is 10.7. The molecule has 1 aliphatic carbocycles. The van der Waals surface area contributed by atoms with Gasteiger partial charge < -0.3 is 0 Å². The Hall–Kier alpha value is -2.60. The van der Waals surface area contributed by atoms with E-state index in [1.165, 1.54) is 0 Å². The Morgan fingerprint density at radius 2 is 2.09 bits per heavy atom. The van der Waals surface area contributed by atoms with Gasteiger partial charge in [-0.1, -0.05) is 6.08 Å². The molecule has 2 aliphatic rings. The summed E-state index contributed by atoms with van der Waals surface area (Å²) in [4.78, 5) is 13.3. The van der Waals surface area contributed by atoms with Crippen LogP contribution in [0, 0.1) is 13.8 Å². The first-order valence-electron chi connectivity index (χ1n) is 7.34. The standard InChI is InChI=1S/C16H14N6/c1-8-6-22-13(19-8)4-3-11(21-22)10-5-12-15(20-12)16-14(10)9(2)17-7-18-16/h3-7,12,15,20H,1-2H3/t12-,15?/m0/s1. The van der Waals surface area contributed by atoms with Crippen molar-refractivity contribution in [3.05, 3.63) is 59.1 Å². The highest BCUT2D eigenvalue weighted by Crippen LogP contribution is 2.42. The van der Waals surface area contributed by atoms with E-state index in [2.05, 4.69) is 26.3 Å². The lowest BCUT2D eigenvalue weighted by Crippen LogP contribution is -2.10.